The molecule has 0 aliphatic heterocycles. The van der Waals surface area contributed by atoms with Crippen LogP contribution >= 0.6 is 0 Å². The zero-order chi connectivity index (χ0) is 16.9. The fourth-order valence-electron chi connectivity index (χ4n) is 2.59. The first-order valence-corrected chi connectivity index (χ1v) is 7.57. The van der Waals surface area contributed by atoms with E-state index in [4.69, 9.17) is 9.15 Å². The van der Waals surface area contributed by atoms with Crippen LogP contribution in [0, 0.1) is 13.8 Å². The van der Waals surface area contributed by atoms with Gasteiger partial charge in [-0.1, -0.05) is 0 Å². The summed E-state index contributed by atoms with van der Waals surface area (Å²) in [6, 6.07) is -0.229. The lowest BCUT2D eigenvalue weighted by Crippen LogP contribution is -2.27. The number of methoxy groups -OCH3 is 1. The number of aryl methyl sites for hydroxylation is 2. The van der Waals surface area contributed by atoms with Gasteiger partial charge in [0.2, 0.25) is 0 Å². The van der Waals surface area contributed by atoms with Crippen molar-refractivity contribution in [2.45, 2.75) is 33.0 Å². The lowest BCUT2D eigenvalue weighted by Gasteiger charge is -2.18. The monoisotopic (exact) mass is 332 g/mol. The van der Waals surface area contributed by atoms with Crippen molar-refractivity contribution in [3.8, 4) is 0 Å². The summed E-state index contributed by atoms with van der Waals surface area (Å²) in [7, 11) is 1.65. The number of hydrogen-bond acceptors (Lipinski definition) is 8. The van der Waals surface area contributed by atoms with Gasteiger partial charge >= 0.3 is 0 Å². The molecule has 3 aromatic rings. The zero-order valence-electron chi connectivity index (χ0n) is 13.9. The molecule has 3 rings (SSSR count). The Morgan fingerprint density at radius 2 is 2.29 bits per heavy atom. The molecule has 0 spiro atoms. The molecular weight excluding hydrogens is 312 g/mol. The van der Waals surface area contributed by atoms with E-state index in [1.165, 1.54) is 6.39 Å². The van der Waals surface area contributed by atoms with E-state index in [0.717, 1.165) is 22.6 Å². The summed E-state index contributed by atoms with van der Waals surface area (Å²) in [6.07, 6.45) is 3.01. The second-order valence-corrected chi connectivity index (χ2v) is 5.39. The van der Waals surface area contributed by atoms with Gasteiger partial charge in [-0.15, -0.1) is 5.10 Å². The van der Waals surface area contributed by atoms with Gasteiger partial charge in [-0.3, -0.25) is 10.4 Å². The Balaban J connectivity index is 1.91. The molecule has 2 N–H and O–H groups in total. The zero-order valence-corrected chi connectivity index (χ0v) is 13.9. The number of nitrogens with zero attached hydrogens (tertiary/aromatic N) is 6. The molecule has 1 atom stereocenters. The van der Waals surface area contributed by atoms with Gasteiger partial charge in [0.15, 0.2) is 12.2 Å². The number of hydrogen-bond donors (Lipinski definition) is 2. The third-order valence-corrected chi connectivity index (χ3v) is 3.77. The van der Waals surface area contributed by atoms with Crippen molar-refractivity contribution < 1.29 is 9.15 Å². The minimum atomic E-state index is -0.229. The molecule has 0 radical (unpaired) electrons. The molecule has 0 saturated heterocycles. The highest BCUT2D eigenvalue weighted by atomic mass is 16.5. The Bertz CT molecular complexity index is 744. The minimum absolute atomic E-state index is 0.229. The van der Waals surface area contributed by atoms with Gasteiger partial charge in [0.1, 0.15) is 6.26 Å². The average molecular weight is 332 g/mol. The van der Waals surface area contributed by atoms with Crippen LogP contribution in [0.15, 0.2) is 17.1 Å². The van der Waals surface area contributed by atoms with Gasteiger partial charge in [0, 0.05) is 24.9 Å². The Morgan fingerprint density at radius 3 is 2.96 bits per heavy atom. The quantitative estimate of drug-likeness (QED) is 0.613. The first-order chi connectivity index (χ1) is 11.7. The average Bonchev–Trinajstić information content (AvgIpc) is 3.30. The number of nitrogens with one attached hydrogen (secondary N) is 2. The summed E-state index contributed by atoms with van der Waals surface area (Å²) in [4.78, 5) is 4.14. The van der Waals surface area contributed by atoms with E-state index in [-0.39, 0.29) is 6.04 Å². The van der Waals surface area contributed by atoms with Crippen molar-refractivity contribution in [3.05, 3.63) is 41.1 Å². The number of H-pyrrole nitrogens is 1. The van der Waals surface area contributed by atoms with Gasteiger partial charge in [-0.05, 0) is 24.3 Å². The summed E-state index contributed by atoms with van der Waals surface area (Å²) in [5.41, 5.74) is 3.68. The maximum absolute atomic E-state index is 5.13. The largest absolute Gasteiger partial charge is 0.451 e. The summed E-state index contributed by atoms with van der Waals surface area (Å²) >= 11 is 0. The molecule has 0 aliphatic rings. The van der Waals surface area contributed by atoms with Gasteiger partial charge < -0.3 is 9.15 Å². The smallest absolute Gasteiger partial charge is 0.180 e. The van der Waals surface area contributed by atoms with Gasteiger partial charge in [-0.25, -0.2) is 9.67 Å². The van der Waals surface area contributed by atoms with E-state index in [9.17, 15) is 0 Å². The number of tetrazole rings is 1. The fraction of sp³-hybridized carbons (Fsp3) is 0.500. The summed E-state index contributed by atoms with van der Waals surface area (Å²) in [6.45, 7) is 5.53. The fourth-order valence-corrected chi connectivity index (χ4v) is 2.59. The molecule has 1 unspecified atom stereocenters. The molecule has 0 aliphatic carbocycles. The number of aromatic amines is 1. The summed E-state index contributed by atoms with van der Waals surface area (Å²) in [5.74, 6) is 0.697. The van der Waals surface area contributed by atoms with Crippen molar-refractivity contribution in [3.63, 3.8) is 0 Å². The maximum Gasteiger partial charge on any atom is 0.180 e. The molecule has 0 amide bonds. The van der Waals surface area contributed by atoms with Crippen LogP contribution in [-0.4, -0.2) is 49.1 Å². The van der Waals surface area contributed by atoms with Gasteiger partial charge in [-0.2, -0.15) is 5.10 Å². The molecule has 0 aromatic carbocycles. The number of aromatic nitrogens is 7. The normalized spacial score (nSPS) is 12.6. The second-order valence-electron chi connectivity index (χ2n) is 5.39. The molecule has 0 saturated carbocycles. The lowest BCUT2D eigenvalue weighted by molar-refractivity contribution is 0.181. The van der Waals surface area contributed by atoms with Crippen LogP contribution in [0.1, 0.15) is 34.5 Å². The lowest BCUT2D eigenvalue weighted by atomic mass is 10.0. The minimum Gasteiger partial charge on any atom is -0.451 e. The number of oxazole rings is 1. The molecule has 10 nitrogen and oxygen atoms in total. The van der Waals surface area contributed by atoms with Crippen LogP contribution in [0.25, 0.3) is 0 Å². The molecule has 3 heterocycles. The third-order valence-electron chi connectivity index (χ3n) is 3.77. The Kier molecular flexibility index (Phi) is 4.96. The predicted molar refractivity (Wildman–Crippen MR) is 82.9 cm³/mol. The Hall–Kier alpha value is -2.59. The Morgan fingerprint density at radius 1 is 1.42 bits per heavy atom. The SMILES string of the molecule is COCCn1nnnc1C(NCc1cocn1)c1c(C)n[nH]c1C. The van der Waals surface area contributed by atoms with Gasteiger partial charge in [0.05, 0.1) is 30.6 Å². The third kappa shape index (κ3) is 3.34. The molecular formula is C14H20N8O2. The van der Waals surface area contributed by atoms with Crippen molar-refractivity contribution in [1.29, 1.82) is 0 Å². The first kappa shape index (κ1) is 16.3. The van der Waals surface area contributed by atoms with Crippen molar-refractivity contribution in [2.24, 2.45) is 0 Å². The van der Waals surface area contributed by atoms with Gasteiger partial charge in [0.25, 0.3) is 0 Å². The predicted octanol–water partition coefficient (Wildman–Crippen LogP) is 0.527. The topological polar surface area (TPSA) is 120 Å². The molecule has 24 heavy (non-hydrogen) atoms. The van der Waals surface area contributed by atoms with Crippen LogP contribution in [-0.2, 0) is 17.8 Å². The standard InChI is InChI=1S/C14H20N8O2/c1-9-12(10(2)18-17-9)13(15-6-11-7-24-8-16-11)14-19-20-21-22(14)4-5-23-3/h7-8,13,15H,4-6H2,1-3H3,(H,17,18). The van der Waals surface area contributed by atoms with E-state index in [2.05, 4.69) is 36.0 Å². The Labute approximate surface area is 138 Å². The first-order valence-electron chi connectivity index (χ1n) is 7.57. The second kappa shape index (κ2) is 7.32. The molecule has 0 fully saturated rings. The van der Waals surface area contributed by atoms with Crippen LogP contribution in [0.5, 0.6) is 0 Å². The van der Waals surface area contributed by atoms with Crippen molar-refractivity contribution in [2.75, 3.05) is 13.7 Å². The highest BCUT2D eigenvalue weighted by Gasteiger charge is 2.26. The maximum atomic E-state index is 5.13. The highest BCUT2D eigenvalue weighted by Crippen LogP contribution is 2.25. The van der Waals surface area contributed by atoms with Crippen molar-refractivity contribution >= 4 is 0 Å². The molecule has 128 valence electrons. The van der Waals surface area contributed by atoms with Crippen LogP contribution in [0.4, 0.5) is 0 Å². The molecule has 0 bridgehead atoms. The van der Waals surface area contributed by atoms with Crippen LogP contribution in [0.3, 0.4) is 0 Å². The van der Waals surface area contributed by atoms with E-state index in [1.807, 2.05) is 13.8 Å². The number of ether oxygens (including phenoxy) is 1. The molecule has 10 heteroatoms. The van der Waals surface area contributed by atoms with E-state index in [0.29, 0.717) is 25.5 Å². The summed E-state index contributed by atoms with van der Waals surface area (Å²) < 4.78 is 11.9. The van der Waals surface area contributed by atoms with Crippen LogP contribution in [0.2, 0.25) is 0 Å². The van der Waals surface area contributed by atoms with Crippen molar-refractivity contribution in [1.82, 2.24) is 40.7 Å². The summed E-state index contributed by atoms with van der Waals surface area (Å²) in [5, 5.41) is 22.8. The number of rotatable bonds is 8. The van der Waals surface area contributed by atoms with Crippen LogP contribution < -0.4 is 5.32 Å². The van der Waals surface area contributed by atoms with E-state index < -0.39 is 0 Å². The van der Waals surface area contributed by atoms with E-state index >= 15 is 0 Å². The van der Waals surface area contributed by atoms with E-state index in [1.54, 1.807) is 18.1 Å². The highest BCUT2D eigenvalue weighted by molar-refractivity contribution is 5.31. The molecule has 3 aromatic heterocycles.